The highest BCUT2D eigenvalue weighted by atomic mass is 16.5. The highest BCUT2D eigenvalue weighted by Crippen LogP contribution is 2.21. The van der Waals surface area contributed by atoms with Gasteiger partial charge in [-0.1, -0.05) is 17.8 Å². The maximum absolute atomic E-state index is 11.0. The predicted molar refractivity (Wildman–Crippen MR) is 132 cm³/mol. The van der Waals surface area contributed by atoms with Crippen LogP contribution < -0.4 is 11.1 Å². The standard InChI is InChI=1S/C16H13N7O2.C8H13NO/c17-7-6-11(18)12-2-1-3-13(21-12)15-22-16(25-23-15)14-5-4-10(8-19-14)20-9-24;1-2-8(10)9-6-4-3-5-7-9/h1-9,17H,18H2,(H,20,24);2H,1,3-7H2/b11-6-,17-7?;. The number of carbonyl (C=O) groups excluding carboxylic acids is 2. The molecule has 0 radical (unpaired) electrons. The summed E-state index contributed by atoms with van der Waals surface area (Å²) in [6, 6.07) is 8.52. The zero-order valence-electron chi connectivity index (χ0n) is 19.1. The number of hydrogen-bond donors (Lipinski definition) is 3. The lowest BCUT2D eigenvalue weighted by Crippen LogP contribution is -2.34. The van der Waals surface area contributed by atoms with Crippen LogP contribution in [-0.4, -0.2) is 56.6 Å². The van der Waals surface area contributed by atoms with E-state index < -0.39 is 0 Å². The molecule has 11 nitrogen and oxygen atoms in total. The zero-order chi connectivity index (χ0) is 25.0. The highest BCUT2D eigenvalue weighted by molar-refractivity contribution is 5.87. The Balaban J connectivity index is 0.000000287. The van der Waals surface area contributed by atoms with Gasteiger partial charge in [-0.15, -0.1) is 0 Å². The second kappa shape index (κ2) is 12.5. The molecular weight excluding hydrogens is 448 g/mol. The topological polar surface area (TPSA) is 164 Å². The second-order valence-corrected chi connectivity index (χ2v) is 7.40. The van der Waals surface area contributed by atoms with E-state index in [4.69, 9.17) is 15.7 Å². The number of piperidine rings is 1. The molecule has 0 saturated carbocycles. The van der Waals surface area contributed by atoms with Gasteiger partial charge in [0.1, 0.15) is 11.4 Å². The van der Waals surface area contributed by atoms with E-state index in [1.807, 2.05) is 4.90 Å². The summed E-state index contributed by atoms with van der Waals surface area (Å²) in [5.41, 5.74) is 8.20. The normalized spacial score (nSPS) is 13.3. The fraction of sp³-hybridized carbons (Fsp3) is 0.208. The van der Waals surface area contributed by atoms with Crippen LogP contribution >= 0.6 is 0 Å². The Morgan fingerprint density at radius 3 is 2.60 bits per heavy atom. The first-order valence-corrected chi connectivity index (χ1v) is 10.9. The van der Waals surface area contributed by atoms with Crippen molar-refractivity contribution in [1.29, 1.82) is 5.41 Å². The maximum Gasteiger partial charge on any atom is 0.276 e. The van der Waals surface area contributed by atoms with Crippen LogP contribution in [0.3, 0.4) is 0 Å². The van der Waals surface area contributed by atoms with Crippen LogP contribution in [-0.2, 0) is 9.59 Å². The lowest BCUT2D eigenvalue weighted by molar-refractivity contribution is -0.126. The molecule has 0 unspecified atom stereocenters. The van der Waals surface area contributed by atoms with Crippen LogP contribution in [0.4, 0.5) is 5.69 Å². The number of aromatic nitrogens is 4. The summed E-state index contributed by atoms with van der Waals surface area (Å²) in [4.78, 5) is 36.0. The Labute approximate surface area is 202 Å². The summed E-state index contributed by atoms with van der Waals surface area (Å²) in [5.74, 6) is 0.596. The van der Waals surface area contributed by atoms with Gasteiger partial charge in [0.2, 0.25) is 18.1 Å². The molecule has 4 heterocycles. The minimum Gasteiger partial charge on any atom is -0.397 e. The Kier molecular flexibility index (Phi) is 8.94. The molecule has 35 heavy (non-hydrogen) atoms. The minimum atomic E-state index is 0.0831. The third-order valence-corrected chi connectivity index (χ3v) is 5.01. The molecule has 1 fully saturated rings. The van der Waals surface area contributed by atoms with Crippen molar-refractivity contribution >= 4 is 29.9 Å². The molecule has 180 valence electrons. The Hall–Kier alpha value is -4.67. The number of nitrogens with one attached hydrogen (secondary N) is 2. The van der Waals surface area contributed by atoms with E-state index in [0.717, 1.165) is 32.1 Å². The van der Waals surface area contributed by atoms with E-state index in [9.17, 15) is 9.59 Å². The average Bonchev–Trinajstić information content (AvgIpc) is 3.40. The first-order valence-electron chi connectivity index (χ1n) is 10.9. The van der Waals surface area contributed by atoms with Crippen molar-refractivity contribution in [2.24, 2.45) is 5.73 Å². The van der Waals surface area contributed by atoms with Crippen molar-refractivity contribution in [2.75, 3.05) is 18.4 Å². The van der Waals surface area contributed by atoms with E-state index in [0.29, 0.717) is 34.9 Å². The third-order valence-electron chi connectivity index (χ3n) is 5.01. The molecule has 4 rings (SSSR count). The van der Waals surface area contributed by atoms with Crippen LogP contribution in [0.1, 0.15) is 25.0 Å². The molecule has 1 aliphatic heterocycles. The van der Waals surface area contributed by atoms with Crippen LogP contribution in [0.25, 0.3) is 28.8 Å². The van der Waals surface area contributed by atoms with E-state index in [-0.39, 0.29) is 17.6 Å². The van der Waals surface area contributed by atoms with Crippen molar-refractivity contribution in [3.63, 3.8) is 0 Å². The molecule has 0 aliphatic carbocycles. The number of carbonyl (C=O) groups is 2. The summed E-state index contributed by atoms with van der Waals surface area (Å²) in [5, 5.41) is 13.5. The van der Waals surface area contributed by atoms with Gasteiger partial charge in [-0.2, -0.15) is 4.98 Å². The molecule has 1 saturated heterocycles. The monoisotopic (exact) mass is 474 g/mol. The van der Waals surface area contributed by atoms with Gasteiger partial charge < -0.3 is 25.9 Å². The molecule has 3 aromatic rings. The number of pyridine rings is 2. The summed E-state index contributed by atoms with van der Waals surface area (Å²) in [7, 11) is 0. The van der Waals surface area contributed by atoms with Gasteiger partial charge in [0.05, 0.1) is 23.3 Å². The van der Waals surface area contributed by atoms with Gasteiger partial charge in [-0.25, -0.2) is 9.97 Å². The molecule has 11 heteroatoms. The van der Waals surface area contributed by atoms with Crippen molar-refractivity contribution in [2.45, 2.75) is 19.3 Å². The van der Waals surface area contributed by atoms with Gasteiger partial charge in [0.15, 0.2) is 0 Å². The molecule has 0 aromatic carbocycles. The van der Waals surface area contributed by atoms with Crippen molar-refractivity contribution in [1.82, 2.24) is 25.0 Å². The van der Waals surface area contributed by atoms with E-state index in [2.05, 4.69) is 32.0 Å². The van der Waals surface area contributed by atoms with Gasteiger partial charge in [-0.3, -0.25) is 9.59 Å². The third kappa shape index (κ3) is 6.90. The van der Waals surface area contributed by atoms with Gasteiger partial charge in [-0.05, 0) is 55.7 Å². The molecule has 0 bridgehead atoms. The highest BCUT2D eigenvalue weighted by Gasteiger charge is 2.14. The molecule has 1 aliphatic rings. The van der Waals surface area contributed by atoms with Crippen molar-refractivity contribution < 1.29 is 14.1 Å². The number of anilines is 1. The quantitative estimate of drug-likeness (QED) is 0.267. The fourth-order valence-corrected chi connectivity index (χ4v) is 3.24. The largest absolute Gasteiger partial charge is 0.397 e. The summed E-state index contributed by atoms with van der Waals surface area (Å²) < 4.78 is 5.22. The van der Waals surface area contributed by atoms with Crippen LogP contribution in [0.2, 0.25) is 0 Å². The van der Waals surface area contributed by atoms with Crippen LogP contribution in [0.15, 0.2) is 59.8 Å². The van der Waals surface area contributed by atoms with Gasteiger partial charge in [0, 0.05) is 19.3 Å². The SMILES string of the molecule is C=CC(=O)N1CCCCC1.N=C/C=C(\N)c1cccc(-c2noc(-c3ccc(NC=O)cn3)n2)n1. The smallest absolute Gasteiger partial charge is 0.276 e. The summed E-state index contributed by atoms with van der Waals surface area (Å²) >= 11 is 0. The maximum atomic E-state index is 11.0. The van der Waals surface area contributed by atoms with E-state index in [1.165, 1.54) is 24.8 Å². The number of nitrogens with two attached hydrogens (primary N) is 1. The predicted octanol–water partition coefficient (Wildman–Crippen LogP) is 2.90. The second-order valence-electron chi connectivity index (χ2n) is 7.40. The van der Waals surface area contributed by atoms with Gasteiger partial charge >= 0.3 is 0 Å². The number of nitrogens with zero attached hydrogens (tertiary/aromatic N) is 5. The number of hydrogen-bond acceptors (Lipinski definition) is 9. The van der Waals surface area contributed by atoms with Crippen molar-refractivity contribution in [3.8, 4) is 23.1 Å². The van der Waals surface area contributed by atoms with E-state index in [1.54, 1.807) is 30.3 Å². The molecule has 2 amide bonds. The fourth-order valence-electron chi connectivity index (χ4n) is 3.24. The molecule has 0 spiro atoms. The Morgan fingerprint density at radius 2 is 1.94 bits per heavy atom. The lowest BCUT2D eigenvalue weighted by atomic mass is 10.1. The molecule has 0 atom stereocenters. The summed E-state index contributed by atoms with van der Waals surface area (Å²) in [6.45, 7) is 5.29. The Bertz CT molecular complexity index is 1200. The number of allylic oxidation sites excluding steroid dienone is 1. The lowest BCUT2D eigenvalue weighted by Gasteiger charge is -2.25. The first-order chi connectivity index (χ1) is 17.0. The van der Waals surface area contributed by atoms with Crippen molar-refractivity contribution in [3.05, 3.63) is 61.0 Å². The Morgan fingerprint density at radius 1 is 1.14 bits per heavy atom. The first kappa shape index (κ1) is 25.0. The number of rotatable bonds is 7. The van der Waals surface area contributed by atoms with Crippen LogP contribution in [0, 0.1) is 5.41 Å². The number of likely N-dealkylation sites (tertiary alicyclic amines) is 1. The average molecular weight is 475 g/mol. The number of amides is 2. The molecule has 4 N–H and O–H groups in total. The van der Waals surface area contributed by atoms with E-state index >= 15 is 0 Å². The zero-order valence-corrected chi connectivity index (χ0v) is 19.1. The minimum absolute atomic E-state index is 0.0831. The van der Waals surface area contributed by atoms with Gasteiger partial charge in [0.25, 0.3) is 5.89 Å². The summed E-state index contributed by atoms with van der Waals surface area (Å²) in [6.07, 6.45) is 9.54. The van der Waals surface area contributed by atoms with Crippen LogP contribution in [0.5, 0.6) is 0 Å². The molecular formula is C24H26N8O3. The molecule has 3 aromatic heterocycles.